The van der Waals surface area contributed by atoms with E-state index in [9.17, 15) is 19.2 Å². The van der Waals surface area contributed by atoms with Crippen molar-refractivity contribution in [2.45, 2.75) is 64.1 Å². The number of benzene rings is 1. The number of hydrogen-bond acceptors (Lipinski definition) is 6. The van der Waals surface area contributed by atoms with E-state index in [-0.39, 0.29) is 30.5 Å². The Morgan fingerprint density at radius 1 is 1.06 bits per heavy atom. The molecule has 2 bridgehead atoms. The molecule has 2 aliphatic rings. The smallest absolute Gasteiger partial charge is 0.243 e. The molecule has 3 amide bonds. The van der Waals surface area contributed by atoms with Crippen LogP contribution in [0.3, 0.4) is 0 Å². The van der Waals surface area contributed by atoms with Crippen molar-refractivity contribution in [2.24, 2.45) is 16.5 Å². The minimum atomic E-state index is -0.916. The molecule has 0 saturated carbocycles. The summed E-state index contributed by atoms with van der Waals surface area (Å²) in [7, 11) is 0. The number of aliphatic imine (C=N–C) groups is 1. The molecule has 2 aliphatic heterocycles. The van der Waals surface area contributed by atoms with Crippen molar-refractivity contribution >= 4 is 29.5 Å². The van der Waals surface area contributed by atoms with Gasteiger partial charge in [-0.05, 0) is 50.3 Å². The zero-order valence-electron chi connectivity index (χ0n) is 20.8. The van der Waals surface area contributed by atoms with E-state index < -0.39 is 29.9 Å². The number of ketones is 1. The minimum Gasteiger partial charge on any atom is -0.490 e. The minimum absolute atomic E-state index is 0.0181. The molecule has 0 unspecified atom stereocenters. The van der Waals surface area contributed by atoms with Crippen LogP contribution >= 0.6 is 0 Å². The van der Waals surface area contributed by atoms with Gasteiger partial charge in [0.2, 0.25) is 17.7 Å². The fourth-order valence-corrected chi connectivity index (χ4v) is 3.67. The van der Waals surface area contributed by atoms with E-state index >= 15 is 0 Å². The molecule has 0 aliphatic carbocycles. The average Bonchev–Trinajstić information content (AvgIpc) is 2.81. The van der Waals surface area contributed by atoms with Gasteiger partial charge in [-0.15, -0.1) is 0 Å². The van der Waals surface area contributed by atoms with Crippen molar-refractivity contribution in [3.8, 4) is 5.75 Å². The molecule has 11 heteroatoms. The van der Waals surface area contributed by atoms with Crippen LogP contribution in [-0.4, -0.2) is 60.7 Å². The molecule has 0 fully saturated rings. The van der Waals surface area contributed by atoms with Crippen LogP contribution < -0.4 is 32.2 Å². The summed E-state index contributed by atoms with van der Waals surface area (Å²) in [5.74, 6) is -0.942. The van der Waals surface area contributed by atoms with Gasteiger partial charge in [0, 0.05) is 19.9 Å². The van der Waals surface area contributed by atoms with E-state index in [4.69, 9.17) is 16.2 Å². The van der Waals surface area contributed by atoms with Gasteiger partial charge in [0.05, 0.1) is 6.04 Å². The number of fused-ring (bicyclic) bond motifs is 13. The predicted octanol–water partition coefficient (Wildman–Crippen LogP) is 0.0748. The van der Waals surface area contributed by atoms with Crippen molar-refractivity contribution in [1.82, 2.24) is 16.0 Å². The SMILES string of the molecule is CC(=O)N[C@H]1Cc2ccc(cc2)OC/C=C\C[C@@H](C(C)=O)NC(=O)[C@H](CCCCN=C(N)N)NC1=O. The van der Waals surface area contributed by atoms with Gasteiger partial charge >= 0.3 is 0 Å². The van der Waals surface area contributed by atoms with Gasteiger partial charge in [-0.3, -0.25) is 24.2 Å². The molecule has 3 atom stereocenters. The second-order valence-corrected chi connectivity index (χ2v) is 8.65. The third kappa shape index (κ3) is 10.2. The monoisotopic (exact) mass is 500 g/mol. The summed E-state index contributed by atoms with van der Waals surface area (Å²) in [5.41, 5.74) is 11.5. The first-order valence-corrected chi connectivity index (χ1v) is 12.0. The zero-order chi connectivity index (χ0) is 26.5. The Morgan fingerprint density at radius 2 is 1.78 bits per heavy atom. The number of amides is 3. The second kappa shape index (κ2) is 14.5. The molecule has 7 N–H and O–H groups in total. The molecule has 0 saturated heterocycles. The predicted molar refractivity (Wildman–Crippen MR) is 136 cm³/mol. The first-order valence-electron chi connectivity index (χ1n) is 12.0. The third-order valence-electron chi connectivity index (χ3n) is 5.58. The number of hydrogen-bond donors (Lipinski definition) is 5. The van der Waals surface area contributed by atoms with Crippen LogP contribution in [0.5, 0.6) is 5.75 Å². The Labute approximate surface area is 211 Å². The highest BCUT2D eigenvalue weighted by molar-refractivity contribution is 5.94. The molecule has 196 valence electrons. The van der Waals surface area contributed by atoms with Crippen molar-refractivity contribution in [3.63, 3.8) is 0 Å². The molecule has 0 spiro atoms. The lowest BCUT2D eigenvalue weighted by Crippen LogP contribution is -2.55. The van der Waals surface area contributed by atoms with Crippen LogP contribution in [0.25, 0.3) is 0 Å². The van der Waals surface area contributed by atoms with Crippen molar-refractivity contribution < 1.29 is 23.9 Å². The molecular formula is C25H36N6O5. The Bertz CT molecular complexity index is 972. The lowest BCUT2D eigenvalue weighted by molar-refractivity contribution is -0.133. The summed E-state index contributed by atoms with van der Waals surface area (Å²) in [5, 5.41) is 8.16. The van der Waals surface area contributed by atoms with Crippen LogP contribution in [0, 0.1) is 0 Å². The summed E-state index contributed by atoms with van der Waals surface area (Å²) in [4.78, 5) is 54.2. The van der Waals surface area contributed by atoms with Gasteiger partial charge in [-0.25, -0.2) is 0 Å². The number of carbonyl (C=O) groups excluding carboxylic acids is 4. The summed E-state index contributed by atoms with van der Waals surface area (Å²) in [6.07, 6.45) is 5.50. The number of rotatable bonds is 7. The maximum absolute atomic E-state index is 13.2. The highest BCUT2D eigenvalue weighted by Crippen LogP contribution is 2.14. The maximum atomic E-state index is 13.2. The largest absolute Gasteiger partial charge is 0.490 e. The number of unbranched alkanes of at least 4 members (excludes halogenated alkanes) is 1. The Hall–Kier alpha value is -3.89. The van der Waals surface area contributed by atoms with Gasteiger partial charge in [-0.2, -0.15) is 0 Å². The fourth-order valence-electron chi connectivity index (χ4n) is 3.67. The van der Waals surface area contributed by atoms with Gasteiger partial charge in [-0.1, -0.05) is 24.3 Å². The second-order valence-electron chi connectivity index (χ2n) is 8.65. The number of carbonyl (C=O) groups is 4. The summed E-state index contributed by atoms with van der Waals surface area (Å²) in [6, 6.07) is 4.64. The van der Waals surface area contributed by atoms with E-state index in [2.05, 4.69) is 20.9 Å². The standard InChI is InChI=1S/C25H36N6O5/c1-16(32)20-7-4-6-14-36-19-11-9-18(10-12-19)15-22(29-17(2)33)24(35)31-21(23(34)30-20)8-3-5-13-28-25(26)27/h4,6,9-12,20-22H,3,5,7-8,13-15H2,1-2H3,(H,29,33)(H,30,34)(H,31,35)(H4,26,27,28)/b6-4-/t20-,21-,22-/m0/s1. The Morgan fingerprint density at radius 3 is 2.42 bits per heavy atom. The van der Waals surface area contributed by atoms with Crippen LogP contribution in [0.15, 0.2) is 41.4 Å². The zero-order valence-corrected chi connectivity index (χ0v) is 20.8. The van der Waals surface area contributed by atoms with E-state index in [1.807, 2.05) is 12.1 Å². The molecule has 11 nitrogen and oxygen atoms in total. The molecule has 0 radical (unpaired) electrons. The van der Waals surface area contributed by atoms with E-state index in [1.54, 1.807) is 24.3 Å². The van der Waals surface area contributed by atoms with Crippen molar-refractivity contribution in [1.29, 1.82) is 0 Å². The highest BCUT2D eigenvalue weighted by Gasteiger charge is 2.28. The molecule has 0 aromatic heterocycles. The molecule has 2 heterocycles. The van der Waals surface area contributed by atoms with Gasteiger partial charge in [0.1, 0.15) is 24.4 Å². The van der Waals surface area contributed by atoms with Crippen molar-refractivity contribution in [3.05, 3.63) is 42.0 Å². The van der Waals surface area contributed by atoms with Crippen LogP contribution in [0.1, 0.15) is 45.1 Å². The molecular weight excluding hydrogens is 464 g/mol. The van der Waals surface area contributed by atoms with E-state index in [1.165, 1.54) is 13.8 Å². The number of nitrogens with zero attached hydrogens (tertiary/aromatic N) is 1. The quantitative estimate of drug-likeness (QED) is 0.152. The molecule has 1 aromatic rings. The Balaban J connectivity index is 2.29. The van der Waals surface area contributed by atoms with Crippen molar-refractivity contribution in [2.75, 3.05) is 13.2 Å². The lowest BCUT2D eigenvalue weighted by Gasteiger charge is -2.24. The molecule has 36 heavy (non-hydrogen) atoms. The van der Waals surface area contributed by atoms with Gasteiger partial charge in [0.25, 0.3) is 0 Å². The van der Waals surface area contributed by atoms with E-state index in [0.29, 0.717) is 38.2 Å². The van der Waals surface area contributed by atoms with Crippen LogP contribution in [-0.2, 0) is 25.6 Å². The van der Waals surface area contributed by atoms with Gasteiger partial charge < -0.3 is 32.2 Å². The summed E-state index contributed by atoms with van der Waals surface area (Å²) < 4.78 is 5.68. The first-order chi connectivity index (χ1) is 17.2. The molecule has 3 rings (SSSR count). The van der Waals surface area contributed by atoms with Crippen LogP contribution in [0.2, 0.25) is 0 Å². The highest BCUT2D eigenvalue weighted by atomic mass is 16.5. The number of guanidine groups is 1. The number of Topliss-reactive ketones (excluding diaryl/α,β-unsaturated/α-hetero) is 1. The third-order valence-corrected chi connectivity index (χ3v) is 5.58. The first kappa shape index (κ1) is 28.3. The van der Waals surface area contributed by atoms with Crippen LogP contribution in [0.4, 0.5) is 0 Å². The fraction of sp³-hybridized carbons (Fsp3) is 0.480. The average molecular weight is 501 g/mol. The number of nitrogens with two attached hydrogens (primary N) is 2. The lowest BCUT2D eigenvalue weighted by atomic mass is 10.0. The van der Waals surface area contributed by atoms with Gasteiger partial charge in [0.15, 0.2) is 11.7 Å². The summed E-state index contributed by atoms with van der Waals surface area (Å²) in [6.45, 7) is 3.41. The normalized spacial score (nSPS) is 21.8. The topological polar surface area (TPSA) is 178 Å². The molecule has 1 aromatic carbocycles. The van der Waals surface area contributed by atoms with E-state index in [0.717, 1.165) is 5.56 Å². The Kier molecular flexibility index (Phi) is 11.4. The summed E-state index contributed by atoms with van der Waals surface area (Å²) >= 11 is 0. The number of nitrogens with one attached hydrogen (secondary N) is 3. The maximum Gasteiger partial charge on any atom is 0.243 e. The number of ether oxygens (including phenoxy) is 1.